The zero-order chi connectivity index (χ0) is 15.6. The van der Waals surface area contributed by atoms with Gasteiger partial charge in [0.25, 0.3) is 10.0 Å². The van der Waals surface area contributed by atoms with E-state index in [-0.39, 0.29) is 21.7 Å². The third kappa shape index (κ3) is 3.60. The summed E-state index contributed by atoms with van der Waals surface area (Å²) in [5.41, 5.74) is -0.216. The van der Waals surface area contributed by atoms with Crippen molar-refractivity contribution in [2.24, 2.45) is 0 Å². The van der Waals surface area contributed by atoms with Crippen molar-refractivity contribution in [3.05, 3.63) is 46.2 Å². The second-order valence-corrected chi connectivity index (χ2v) is 6.20. The summed E-state index contributed by atoms with van der Waals surface area (Å²) < 4.78 is 26.5. The first-order valence-electron chi connectivity index (χ1n) is 5.34. The lowest BCUT2D eigenvalue weighted by atomic mass is 10.2. The Balaban J connectivity index is 2.44. The van der Waals surface area contributed by atoms with Gasteiger partial charge in [0, 0.05) is 6.20 Å². The molecule has 0 fully saturated rings. The van der Waals surface area contributed by atoms with E-state index in [2.05, 4.69) is 14.7 Å². The summed E-state index contributed by atoms with van der Waals surface area (Å²) in [4.78, 5) is 17.9. The van der Waals surface area contributed by atoms with Gasteiger partial charge in [-0.2, -0.15) is 0 Å². The van der Waals surface area contributed by atoms with Gasteiger partial charge in [-0.05, 0) is 24.3 Å². The van der Waals surface area contributed by atoms with Crippen molar-refractivity contribution in [2.75, 3.05) is 4.72 Å². The van der Waals surface area contributed by atoms with Crippen molar-refractivity contribution in [1.82, 2.24) is 9.97 Å². The normalized spacial score (nSPS) is 11.1. The van der Waals surface area contributed by atoms with Gasteiger partial charge in [0.1, 0.15) is 10.0 Å². The van der Waals surface area contributed by atoms with Crippen LogP contribution in [0.25, 0.3) is 0 Å². The highest BCUT2D eigenvalue weighted by Crippen LogP contribution is 2.24. The molecule has 2 aromatic rings. The molecule has 21 heavy (non-hydrogen) atoms. The fourth-order valence-corrected chi connectivity index (χ4v) is 3.02. The van der Waals surface area contributed by atoms with Crippen LogP contribution >= 0.6 is 23.2 Å². The van der Waals surface area contributed by atoms with Gasteiger partial charge in [-0.25, -0.2) is 27.9 Å². The van der Waals surface area contributed by atoms with Crippen LogP contribution in [0.15, 0.2) is 35.4 Å². The molecule has 0 atom stereocenters. The van der Waals surface area contributed by atoms with E-state index in [9.17, 15) is 13.2 Å². The van der Waals surface area contributed by atoms with Crippen molar-refractivity contribution < 1.29 is 18.3 Å². The summed E-state index contributed by atoms with van der Waals surface area (Å²) in [6, 6.07) is 4.69. The number of rotatable bonds is 4. The lowest BCUT2D eigenvalue weighted by Crippen LogP contribution is -2.16. The number of carboxylic acids is 1. The van der Waals surface area contributed by atoms with E-state index in [4.69, 9.17) is 28.3 Å². The summed E-state index contributed by atoms with van der Waals surface area (Å²) in [5.74, 6) is -1.53. The number of carbonyl (C=O) groups is 1. The fourth-order valence-electron chi connectivity index (χ4n) is 1.40. The molecule has 0 amide bonds. The highest BCUT2D eigenvalue weighted by molar-refractivity contribution is 7.92. The van der Waals surface area contributed by atoms with Gasteiger partial charge in [-0.1, -0.05) is 23.2 Å². The lowest BCUT2D eigenvalue weighted by molar-refractivity contribution is 0.0696. The zero-order valence-electron chi connectivity index (χ0n) is 10.1. The summed E-state index contributed by atoms with van der Waals surface area (Å²) in [7, 11) is -4.15. The van der Waals surface area contributed by atoms with Crippen LogP contribution in [0.3, 0.4) is 0 Å². The van der Waals surface area contributed by atoms with Crippen LogP contribution in [0.4, 0.5) is 5.95 Å². The Morgan fingerprint density at radius 2 is 1.95 bits per heavy atom. The molecule has 0 aliphatic heterocycles. The number of halogens is 2. The van der Waals surface area contributed by atoms with Crippen LogP contribution in [0.1, 0.15) is 10.4 Å². The smallest absolute Gasteiger partial charge is 0.335 e. The molecule has 10 heteroatoms. The summed E-state index contributed by atoms with van der Waals surface area (Å²) in [5, 5.41) is 8.81. The highest BCUT2D eigenvalue weighted by atomic mass is 35.5. The van der Waals surface area contributed by atoms with Crippen LogP contribution in [-0.2, 0) is 10.0 Å². The van der Waals surface area contributed by atoms with Crippen molar-refractivity contribution in [2.45, 2.75) is 4.90 Å². The maximum absolute atomic E-state index is 12.2. The quantitative estimate of drug-likeness (QED) is 0.821. The second kappa shape index (κ2) is 5.84. The Bertz CT molecular complexity index is 811. The van der Waals surface area contributed by atoms with Crippen molar-refractivity contribution in [3.63, 3.8) is 0 Å². The van der Waals surface area contributed by atoms with Crippen LogP contribution < -0.4 is 4.72 Å². The predicted octanol–water partition coefficient (Wildman–Crippen LogP) is 2.28. The number of nitrogens with one attached hydrogen (secondary N) is 1. The molecule has 0 bridgehead atoms. The number of aromatic carboxylic acids is 1. The molecule has 2 rings (SSSR count). The van der Waals surface area contributed by atoms with E-state index in [1.54, 1.807) is 0 Å². The van der Waals surface area contributed by atoms with E-state index in [0.29, 0.717) is 0 Å². The molecule has 1 aromatic carbocycles. The fraction of sp³-hybridized carbons (Fsp3) is 0. The number of carboxylic acid groups (broad SMARTS) is 1. The van der Waals surface area contributed by atoms with Crippen LogP contribution in [-0.4, -0.2) is 29.5 Å². The maximum Gasteiger partial charge on any atom is 0.335 e. The second-order valence-electron chi connectivity index (χ2n) is 3.76. The number of aromatic nitrogens is 2. The Labute approximate surface area is 129 Å². The van der Waals surface area contributed by atoms with Crippen molar-refractivity contribution >= 4 is 45.1 Å². The van der Waals surface area contributed by atoms with E-state index in [1.807, 2.05) is 0 Å². The van der Waals surface area contributed by atoms with Gasteiger partial charge >= 0.3 is 5.97 Å². The number of hydrogen-bond acceptors (Lipinski definition) is 5. The van der Waals surface area contributed by atoms with Gasteiger partial charge in [0.2, 0.25) is 5.95 Å². The first-order chi connectivity index (χ1) is 9.79. The van der Waals surface area contributed by atoms with Crippen molar-refractivity contribution in [1.29, 1.82) is 0 Å². The number of hydrogen-bond donors (Lipinski definition) is 2. The average molecular weight is 348 g/mol. The molecule has 110 valence electrons. The van der Waals surface area contributed by atoms with E-state index in [1.165, 1.54) is 24.4 Å². The van der Waals surface area contributed by atoms with Crippen LogP contribution in [0.5, 0.6) is 0 Å². The Kier molecular flexibility index (Phi) is 4.31. The predicted molar refractivity (Wildman–Crippen MR) is 76.3 cm³/mol. The van der Waals surface area contributed by atoms with E-state index < -0.39 is 20.9 Å². The summed E-state index contributed by atoms with van der Waals surface area (Å²) in [6.07, 6.45) is 1.27. The molecular weight excluding hydrogens is 341 g/mol. The molecular formula is C11H7Cl2N3O4S. The van der Waals surface area contributed by atoms with E-state index in [0.717, 1.165) is 6.07 Å². The van der Waals surface area contributed by atoms with Gasteiger partial charge in [0.05, 0.1) is 10.6 Å². The minimum absolute atomic E-state index is 0.0492. The largest absolute Gasteiger partial charge is 0.478 e. The van der Waals surface area contributed by atoms with Gasteiger partial charge in [-0.15, -0.1) is 0 Å². The van der Waals surface area contributed by atoms with Gasteiger partial charge < -0.3 is 5.11 Å². The first-order valence-corrected chi connectivity index (χ1v) is 7.58. The standard InChI is InChI=1S/C11H7Cl2N3O4S/c12-7-2-1-6(10(17)18)5-8(7)21(19,20)16-11-14-4-3-9(13)15-11/h1-5H,(H,17,18)(H,14,15,16). The molecule has 7 nitrogen and oxygen atoms in total. The molecule has 0 spiro atoms. The number of benzene rings is 1. The molecule has 0 saturated carbocycles. The minimum atomic E-state index is -4.15. The third-order valence-corrected chi connectivity index (χ3v) is 4.34. The number of anilines is 1. The lowest BCUT2D eigenvalue weighted by Gasteiger charge is -2.09. The number of sulfonamides is 1. The Morgan fingerprint density at radius 1 is 1.24 bits per heavy atom. The minimum Gasteiger partial charge on any atom is -0.478 e. The van der Waals surface area contributed by atoms with Crippen LogP contribution in [0.2, 0.25) is 10.2 Å². The molecule has 0 saturated heterocycles. The molecule has 1 heterocycles. The Hall–Kier alpha value is -1.90. The van der Waals surface area contributed by atoms with Gasteiger partial charge in [0.15, 0.2) is 0 Å². The molecule has 0 radical (unpaired) electrons. The Morgan fingerprint density at radius 3 is 2.57 bits per heavy atom. The van der Waals surface area contributed by atoms with Crippen molar-refractivity contribution in [3.8, 4) is 0 Å². The van der Waals surface area contributed by atoms with E-state index >= 15 is 0 Å². The average Bonchev–Trinajstić information content (AvgIpc) is 2.38. The van der Waals surface area contributed by atoms with Gasteiger partial charge in [-0.3, -0.25) is 0 Å². The van der Waals surface area contributed by atoms with Crippen LogP contribution in [0, 0.1) is 0 Å². The summed E-state index contributed by atoms with van der Waals surface area (Å²) in [6.45, 7) is 0. The topological polar surface area (TPSA) is 109 Å². The molecule has 0 aliphatic rings. The highest BCUT2D eigenvalue weighted by Gasteiger charge is 2.21. The monoisotopic (exact) mass is 347 g/mol. The molecule has 0 unspecified atom stereocenters. The molecule has 0 aliphatic carbocycles. The SMILES string of the molecule is O=C(O)c1ccc(Cl)c(S(=O)(=O)Nc2nccc(Cl)n2)c1. The summed E-state index contributed by atoms with van der Waals surface area (Å²) >= 11 is 11.4. The third-order valence-electron chi connectivity index (χ3n) is 2.31. The molecule has 1 aromatic heterocycles. The first kappa shape index (κ1) is 15.5. The zero-order valence-corrected chi connectivity index (χ0v) is 12.4. The number of nitrogens with zero attached hydrogens (tertiary/aromatic N) is 2. The molecule has 2 N–H and O–H groups in total. The maximum atomic E-state index is 12.2.